The molecule has 0 spiro atoms. The number of ether oxygens (including phenoxy) is 1. The number of nitriles is 1. The molecule has 1 rings (SSSR count). The Morgan fingerprint density at radius 2 is 2.38 bits per heavy atom. The number of nitro benzene ring substituents is 1. The summed E-state index contributed by atoms with van der Waals surface area (Å²) in [6.45, 7) is -0.110. The van der Waals surface area contributed by atoms with Crippen LogP contribution in [-0.2, 0) is 0 Å². The number of rotatable bonds is 3. The maximum Gasteiger partial charge on any atom is 0.273 e. The van der Waals surface area contributed by atoms with E-state index in [0.29, 0.717) is 5.75 Å². The van der Waals surface area contributed by atoms with Gasteiger partial charge in [-0.2, -0.15) is 5.26 Å². The van der Waals surface area contributed by atoms with Crippen molar-refractivity contribution in [1.82, 2.24) is 0 Å². The van der Waals surface area contributed by atoms with Gasteiger partial charge in [0.2, 0.25) is 0 Å². The van der Waals surface area contributed by atoms with Crippen LogP contribution in [-0.4, -0.2) is 11.5 Å². The van der Waals surface area contributed by atoms with Gasteiger partial charge in [-0.1, -0.05) is 6.07 Å². The van der Waals surface area contributed by atoms with Gasteiger partial charge in [0, 0.05) is 6.07 Å². The Morgan fingerprint density at radius 3 is 3.00 bits per heavy atom. The van der Waals surface area contributed by atoms with E-state index >= 15 is 0 Å². The van der Waals surface area contributed by atoms with Gasteiger partial charge in [0.15, 0.2) is 6.61 Å². The van der Waals surface area contributed by atoms with Crippen molar-refractivity contribution in [3.63, 3.8) is 0 Å². The first-order valence-corrected chi connectivity index (χ1v) is 3.48. The highest BCUT2D eigenvalue weighted by atomic mass is 16.6. The number of benzene rings is 1. The Bertz CT molecular complexity index is 357. The second-order valence-electron chi connectivity index (χ2n) is 2.20. The second-order valence-corrected chi connectivity index (χ2v) is 2.20. The smallest absolute Gasteiger partial charge is 0.273 e. The summed E-state index contributed by atoms with van der Waals surface area (Å²) in [4.78, 5) is 9.80. The van der Waals surface area contributed by atoms with E-state index < -0.39 is 4.92 Å². The van der Waals surface area contributed by atoms with Crippen molar-refractivity contribution in [2.24, 2.45) is 0 Å². The molecule has 0 amide bonds. The largest absolute Gasteiger partial charge is 0.478 e. The minimum atomic E-state index is -0.515. The minimum absolute atomic E-state index is 0.0459. The average molecular weight is 178 g/mol. The molecule has 0 unspecified atom stereocenters. The van der Waals surface area contributed by atoms with Crippen LogP contribution in [0.4, 0.5) is 5.69 Å². The Balaban J connectivity index is 2.80. The maximum atomic E-state index is 10.3. The molecule has 0 saturated carbocycles. The van der Waals surface area contributed by atoms with Gasteiger partial charge in [0.05, 0.1) is 11.0 Å². The molecule has 0 heterocycles. The number of nitrogens with zero attached hydrogens (tertiary/aromatic N) is 2. The van der Waals surface area contributed by atoms with E-state index in [1.807, 2.05) is 0 Å². The molecule has 0 aliphatic rings. The summed E-state index contributed by atoms with van der Waals surface area (Å²) < 4.78 is 4.88. The predicted octanol–water partition coefficient (Wildman–Crippen LogP) is 1.50. The van der Waals surface area contributed by atoms with E-state index in [0.717, 1.165) is 0 Å². The number of hydrogen-bond acceptors (Lipinski definition) is 4. The van der Waals surface area contributed by atoms with E-state index in [4.69, 9.17) is 10.00 Å². The van der Waals surface area contributed by atoms with Crippen LogP contribution in [0.25, 0.3) is 0 Å². The molecule has 66 valence electrons. The molecule has 0 fully saturated rings. The summed E-state index contributed by atoms with van der Waals surface area (Å²) in [5.41, 5.74) is -0.0459. The zero-order valence-electron chi connectivity index (χ0n) is 6.64. The highest BCUT2D eigenvalue weighted by molar-refractivity contribution is 5.37. The molecule has 0 aliphatic heterocycles. The van der Waals surface area contributed by atoms with Crippen molar-refractivity contribution in [3.05, 3.63) is 34.4 Å². The van der Waals surface area contributed by atoms with Gasteiger partial charge in [-0.3, -0.25) is 10.1 Å². The normalized spacial score (nSPS) is 8.85. The van der Waals surface area contributed by atoms with Crippen LogP contribution in [0.3, 0.4) is 0 Å². The van der Waals surface area contributed by atoms with Crippen LogP contribution in [0.5, 0.6) is 5.75 Å². The molecular weight excluding hydrogens is 172 g/mol. The minimum Gasteiger partial charge on any atom is -0.478 e. The van der Waals surface area contributed by atoms with Crippen molar-refractivity contribution in [2.45, 2.75) is 0 Å². The Kier molecular flexibility index (Phi) is 2.82. The fourth-order valence-corrected chi connectivity index (χ4v) is 0.802. The van der Waals surface area contributed by atoms with Gasteiger partial charge in [-0.15, -0.1) is 0 Å². The lowest BCUT2D eigenvalue weighted by Crippen LogP contribution is -1.94. The summed E-state index contributed by atoms with van der Waals surface area (Å²) in [6.07, 6.45) is 0. The van der Waals surface area contributed by atoms with E-state index in [1.54, 1.807) is 12.1 Å². The van der Waals surface area contributed by atoms with E-state index in [9.17, 15) is 10.1 Å². The van der Waals surface area contributed by atoms with Crippen LogP contribution >= 0.6 is 0 Å². The summed E-state index contributed by atoms with van der Waals surface area (Å²) >= 11 is 0. The molecule has 1 aromatic carbocycles. The average Bonchev–Trinajstić information content (AvgIpc) is 2.15. The van der Waals surface area contributed by atoms with E-state index in [2.05, 4.69) is 0 Å². The fourth-order valence-electron chi connectivity index (χ4n) is 0.802. The third kappa shape index (κ3) is 2.45. The second kappa shape index (κ2) is 4.07. The lowest BCUT2D eigenvalue weighted by atomic mass is 10.3. The summed E-state index contributed by atoms with van der Waals surface area (Å²) in [6, 6.07) is 7.47. The third-order valence-corrected chi connectivity index (χ3v) is 1.33. The Labute approximate surface area is 74.3 Å². The Hall–Kier alpha value is -2.09. The summed E-state index contributed by atoms with van der Waals surface area (Å²) in [5.74, 6) is 0.329. The van der Waals surface area contributed by atoms with Crippen LogP contribution in [0, 0.1) is 21.4 Å². The number of non-ortho nitro benzene ring substituents is 1. The number of nitro groups is 1. The fraction of sp³-hybridized carbons (Fsp3) is 0.125. The highest BCUT2D eigenvalue weighted by Gasteiger charge is 2.05. The van der Waals surface area contributed by atoms with Crippen molar-refractivity contribution < 1.29 is 9.66 Å². The van der Waals surface area contributed by atoms with Gasteiger partial charge >= 0.3 is 0 Å². The van der Waals surface area contributed by atoms with Gasteiger partial charge < -0.3 is 4.74 Å². The first kappa shape index (κ1) is 9.00. The molecule has 0 aliphatic carbocycles. The standard InChI is InChI=1S/C8H6N2O3/c9-4-5-13-8-3-1-2-7(6-8)10(11)12/h1-3,6H,5H2. The van der Waals surface area contributed by atoms with Crippen molar-refractivity contribution in [1.29, 1.82) is 5.26 Å². The zero-order chi connectivity index (χ0) is 9.68. The van der Waals surface area contributed by atoms with Crippen LogP contribution in [0.1, 0.15) is 0 Å². The van der Waals surface area contributed by atoms with Crippen molar-refractivity contribution >= 4 is 5.69 Å². The first-order chi connectivity index (χ1) is 6.24. The molecule has 5 nitrogen and oxygen atoms in total. The maximum absolute atomic E-state index is 10.3. The monoisotopic (exact) mass is 178 g/mol. The van der Waals surface area contributed by atoms with Gasteiger partial charge in [0.25, 0.3) is 5.69 Å². The molecule has 0 N–H and O–H groups in total. The summed E-state index contributed by atoms with van der Waals surface area (Å²) in [5, 5.41) is 18.5. The van der Waals surface area contributed by atoms with Crippen LogP contribution in [0.2, 0.25) is 0 Å². The van der Waals surface area contributed by atoms with Crippen LogP contribution < -0.4 is 4.74 Å². The van der Waals surface area contributed by atoms with Gasteiger partial charge in [-0.05, 0) is 6.07 Å². The van der Waals surface area contributed by atoms with Crippen LogP contribution in [0.15, 0.2) is 24.3 Å². The topological polar surface area (TPSA) is 76.2 Å². The molecule has 0 bridgehead atoms. The lowest BCUT2D eigenvalue weighted by molar-refractivity contribution is -0.384. The molecule has 0 atom stereocenters. The van der Waals surface area contributed by atoms with Crippen molar-refractivity contribution in [3.8, 4) is 11.8 Å². The first-order valence-electron chi connectivity index (χ1n) is 3.48. The molecule has 1 aromatic rings. The number of hydrogen-bond donors (Lipinski definition) is 0. The molecule has 0 aromatic heterocycles. The third-order valence-electron chi connectivity index (χ3n) is 1.33. The van der Waals surface area contributed by atoms with Gasteiger partial charge in [0.1, 0.15) is 11.8 Å². The SMILES string of the molecule is N#CCOc1cccc([N+](=O)[O-])c1. The van der Waals surface area contributed by atoms with Gasteiger partial charge in [-0.25, -0.2) is 0 Å². The molecule has 5 heteroatoms. The molecule has 0 radical (unpaired) electrons. The Morgan fingerprint density at radius 1 is 1.62 bits per heavy atom. The van der Waals surface area contributed by atoms with E-state index in [1.165, 1.54) is 18.2 Å². The molecular formula is C8H6N2O3. The lowest BCUT2D eigenvalue weighted by Gasteiger charge is -1.99. The van der Waals surface area contributed by atoms with Crippen molar-refractivity contribution in [2.75, 3.05) is 6.61 Å². The zero-order valence-corrected chi connectivity index (χ0v) is 6.64. The van der Waals surface area contributed by atoms with E-state index in [-0.39, 0.29) is 12.3 Å². The highest BCUT2D eigenvalue weighted by Crippen LogP contribution is 2.18. The molecule has 13 heavy (non-hydrogen) atoms. The quantitative estimate of drug-likeness (QED) is 0.519. The predicted molar refractivity (Wildman–Crippen MR) is 44.2 cm³/mol. The summed E-state index contributed by atoms with van der Waals surface area (Å²) in [7, 11) is 0. The molecule has 0 saturated heterocycles.